The first kappa shape index (κ1) is 32.9. The first-order chi connectivity index (χ1) is 18.4. The van der Waals surface area contributed by atoms with E-state index in [-0.39, 0.29) is 30.4 Å². The van der Waals surface area contributed by atoms with E-state index in [2.05, 4.69) is 0 Å². The van der Waals surface area contributed by atoms with Crippen molar-refractivity contribution in [3.05, 3.63) is 70.2 Å². The molecule has 1 unspecified atom stereocenters. The Hall–Kier alpha value is -2.33. The fourth-order valence-corrected chi connectivity index (χ4v) is 5.21. The number of piperidine rings is 1. The molecule has 2 aliphatic heterocycles. The molecular weight excluding hydrogens is 556 g/mol. The molecule has 11 heteroatoms. The number of rotatable bonds is 6. The predicted molar refractivity (Wildman–Crippen MR) is 146 cm³/mol. The molecule has 0 spiro atoms. The van der Waals surface area contributed by atoms with Crippen molar-refractivity contribution in [3.8, 4) is 0 Å². The summed E-state index contributed by atoms with van der Waals surface area (Å²) in [5, 5.41) is 18.0. The minimum atomic E-state index is -4.63. The van der Waals surface area contributed by atoms with Crippen molar-refractivity contribution in [1.82, 2.24) is 9.80 Å². The summed E-state index contributed by atoms with van der Waals surface area (Å²) in [5.41, 5.74) is -1.65. The standard InChI is InChI=1S/C21H28ClF3N2O2.C6H5Cl.CH2O2/c1-3-14-7-10-18(15-5-8-16(22)9-6-15)27(19(14)28)17(4-2)11-26-12-20(29,13-26)21(23,24)25;7-6-4-2-1-3-5-6;2-1-3/h5-6,8-9,14,17-18,29H,3-4,7,10-13H2,1-2H3;1-5H;1H,(H,2,3)/t14-,17-,18?;;/m0../s1. The Labute approximate surface area is 237 Å². The summed E-state index contributed by atoms with van der Waals surface area (Å²) in [5.74, 6) is 0.00764. The van der Waals surface area contributed by atoms with E-state index < -0.39 is 24.9 Å². The van der Waals surface area contributed by atoms with E-state index in [4.69, 9.17) is 33.1 Å². The first-order valence-corrected chi connectivity index (χ1v) is 13.5. The minimum Gasteiger partial charge on any atom is -0.483 e. The summed E-state index contributed by atoms with van der Waals surface area (Å²) in [6, 6.07) is 16.5. The van der Waals surface area contributed by atoms with Crippen molar-refractivity contribution in [2.45, 2.75) is 63.4 Å². The zero-order valence-electron chi connectivity index (χ0n) is 22.0. The van der Waals surface area contributed by atoms with Crippen LogP contribution in [0.15, 0.2) is 54.6 Å². The van der Waals surface area contributed by atoms with E-state index in [1.165, 1.54) is 0 Å². The Morgan fingerprint density at radius 3 is 2.00 bits per heavy atom. The van der Waals surface area contributed by atoms with Gasteiger partial charge in [0.1, 0.15) is 0 Å². The summed E-state index contributed by atoms with van der Waals surface area (Å²) >= 11 is 11.5. The van der Waals surface area contributed by atoms with Crippen LogP contribution < -0.4 is 0 Å². The van der Waals surface area contributed by atoms with Gasteiger partial charge in [-0.3, -0.25) is 14.5 Å². The highest BCUT2D eigenvalue weighted by Gasteiger charge is 2.61. The third kappa shape index (κ3) is 8.83. The van der Waals surface area contributed by atoms with Crippen molar-refractivity contribution < 1.29 is 33.0 Å². The van der Waals surface area contributed by atoms with Crippen LogP contribution in [0.2, 0.25) is 10.0 Å². The van der Waals surface area contributed by atoms with Gasteiger partial charge in [-0.2, -0.15) is 13.2 Å². The van der Waals surface area contributed by atoms with Crippen LogP contribution in [0.1, 0.15) is 51.1 Å². The molecule has 2 aromatic carbocycles. The number of alkyl halides is 3. The number of carboxylic acid groups (broad SMARTS) is 1. The van der Waals surface area contributed by atoms with E-state index in [0.29, 0.717) is 18.0 Å². The predicted octanol–water partition coefficient (Wildman–Crippen LogP) is 6.46. The molecule has 2 fully saturated rings. The third-order valence-corrected chi connectivity index (χ3v) is 7.54. The molecule has 2 heterocycles. The number of carbonyl (C=O) groups is 2. The second-order valence-corrected chi connectivity index (χ2v) is 10.5. The lowest BCUT2D eigenvalue weighted by molar-refractivity contribution is -0.302. The molecule has 2 aromatic rings. The van der Waals surface area contributed by atoms with Crippen LogP contribution >= 0.6 is 23.2 Å². The van der Waals surface area contributed by atoms with Gasteiger partial charge < -0.3 is 15.1 Å². The molecule has 2 aliphatic rings. The second-order valence-electron chi connectivity index (χ2n) is 9.66. The molecule has 0 aromatic heterocycles. The fourth-order valence-electron chi connectivity index (χ4n) is 4.94. The van der Waals surface area contributed by atoms with E-state index in [1.807, 2.05) is 61.2 Å². The number of hydrogen-bond donors (Lipinski definition) is 2. The molecular formula is C28H35Cl2F3N2O4. The van der Waals surface area contributed by atoms with Crippen LogP contribution in [-0.2, 0) is 9.59 Å². The Bertz CT molecular complexity index is 1040. The van der Waals surface area contributed by atoms with Gasteiger partial charge in [0, 0.05) is 41.6 Å². The van der Waals surface area contributed by atoms with Crippen LogP contribution in [0.5, 0.6) is 0 Å². The summed E-state index contributed by atoms with van der Waals surface area (Å²) in [6.45, 7) is 3.11. The molecule has 0 bridgehead atoms. The topological polar surface area (TPSA) is 81.1 Å². The molecule has 216 valence electrons. The second kappa shape index (κ2) is 14.9. The van der Waals surface area contributed by atoms with Gasteiger partial charge in [0.25, 0.3) is 6.47 Å². The number of β-amino-alcohol motifs (C(OH)–C–C–N with tert-alkyl or cyclic N) is 1. The van der Waals surface area contributed by atoms with Crippen molar-refractivity contribution >= 4 is 35.6 Å². The number of carbonyl (C=O) groups excluding carboxylic acids is 1. The molecule has 6 nitrogen and oxygen atoms in total. The Balaban J connectivity index is 0.000000450. The highest BCUT2D eigenvalue weighted by molar-refractivity contribution is 6.30. The highest BCUT2D eigenvalue weighted by atomic mass is 35.5. The molecule has 2 N–H and O–H groups in total. The summed E-state index contributed by atoms with van der Waals surface area (Å²) in [7, 11) is 0. The van der Waals surface area contributed by atoms with Crippen LogP contribution in [0, 0.1) is 5.92 Å². The van der Waals surface area contributed by atoms with Crippen molar-refractivity contribution in [1.29, 1.82) is 0 Å². The Morgan fingerprint density at radius 1 is 1.03 bits per heavy atom. The van der Waals surface area contributed by atoms with Crippen LogP contribution in [0.4, 0.5) is 13.2 Å². The molecule has 1 amide bonds. The number of amides is 1. The zero-order chi connectivity index (χ0) is 29.2. The number of hydrogen-bond acceptors (Lipinski definition) is 4. The average molecular weight is 591 g/mol. The number of nitrogens with zero attached hydrogens (tertiary/aromatic N) is 2. The molecule has 3 atom stereocenters. The van der Waals surface area contributed by atoms with Crippen LogP contribution in [0.3, 0.4) is 0 Å². The summed E-state index contributed by atoms with van der Waals surface area (Å²) in [4.78, 5) is 25.1. The smallest absolute Gasteiger partial charge is 0.419 e. The van der Waals surface area contributed by atoms with Gasteiger partial charge in [-0.05, 0) is 55.5 Å². The molecule has 39 heavy (non-hydrogen) atoms. The van der Waals surface area contributed by atoms with E-state index in [9.17, 15) is 23.1 Å². The molecule has 2 saturated heterocycles. The van der Waals surface area contributed by atoms with Gasteiger partial charge >= 0.3 is 6.18 Å². The quantitative estimate of drug-likeness (QED) is 0.377. The normalized spacial score (nSPS) is 21.4. The van der Waals surface area contributed by atoms with Gasteiger partial charge in [0.2, 0.25) is 5.91 Å². The molecule has 4 rings (SSSR count). The lowest BCUT2D eigenvalue weighted by Gasteiger charge is -2.51. The van der Waals surface area contributed by atoms with E-state index in [1.54, 1.807) is 17.0 Å². The van der Waals surface area contributed by atoms with E-state index in [0.717, 1.165) is 29.8 Å². The summed E-state index contributed by atoms with van der Waals surface area (Å²) in [6.07, 6.45) is -1.64. The molecule has 0 radical (unpaired) electrons. The maximum Gasteiger partial charge on any atom is 0.419 e. The molecule has 0 saturated carbocycles. The number of aliphatic hydroxyl groups is 1. The number of likely N-dealkylation sites (tertiary alicyclic amines) is 2. The number of benzene rings is 2. The maximum atomic E-state index is 13.2. The SMILES string of the molecule is CC[C@H]1CCC(c2ccc(Cl)cc2)N([C@@H](CC)CN2CC(O)(C(F)(F)F)C2)C1=O.Clc1ccccc1.O=CO. The van der Waals surface area contributed by atoms with Gasteiger partial charge in [0.05, 0.1) is 6.04 Å². The third-order valence-electron chi connectivity index (χ3n) is 7.04. The lowest BCUT2D eigenvalue weighted by atomic mass is 9.85. The Kier molecular flexibility index (Phi) is 12.5. The van der Waals surface area contributed by atoms with E-state index >= 15 is 0 Å². The van der Waals surface area contributed by atoms with Crippen LogP contribution in [-0.4, -0.2) is 69.8 Å². The molecule has 0 aliphatic carbocycles. The zero-order valence-corrected chi connectivity index (χ0v) is 23.5. The summed E-state index contributed by atoms with van der Waals surface area (Å²) < 4.78 is 38.9. The highest BCUT2D eigenvalue weighted by Crippen LogP contribution is 2.41. The van der Waals surface area contributed by atoms with Crippen molar-refractivity contribution in [3.63, 3.8) is 0 Å². The average Bonchev–Trinajstić information content (AvgIpc) is 2.87. The minimum absolute atomic E-state index is 0.0592. The fraction of sp³-hybridized carbons (Fsp3) is 0.500. The maximum absolute atomic E-state index is 13.2. The van der Waals surface area contributed by atoms with Crippen LogP contribution in [0.25, 0.3) is 0 Å². The monoisotopic (exact) mass is 590 g/mol. The van der Waals surface area contributed by atoms with Gasteiger partial charge in [-0.1, -0.05) is 67.4 Å². The Morgan fingerprint density at radius 2 is 1.56 bits per heavy atom. The first-order valence-electron chi connectivity index (χ1n) is 12.8. The van der Waals surface area contributed by atoms with Gasteiger partial charge in [-0.15, -0.1) is 0 Å². The van der Waals surface area contributed by atoms with Gasteiger partial charge in [0.15, 0.2) is 5.60 Å². The lowest BCUT2D eigenvalue weighted by Crippen LogP contribution is -2.70. The van der Waals surface area contributed by atoms with Crippen molar-refractivity contribution in [2.75, 3.05) is 19.6 Å². The number of halogens is 5. The van der Waals surface area contributed by atoms with Gasteiger partial charge in [-0.25, -0.2) is 0 Å². The largest absolute Gasteiger partial charge is 0.483 e. The van der Waals surface area contributed by atoms with Crippen molar-refractivity contribution in [2.24, 2.45) is 5.92 Å².